The van der Waals surface area contributed by atoms with Crippen molar-refractivity contribution >= 4 is 17.7 Å². The second-order valence-corrected chi connectivity index (χ2v) is 5.39. The first kappa shape index (κ1) is 18.9. The van der Waals surface area contributed by atoms with Crippen molar-refractivity contribution in [2.24, 2.45) is 0 Å². The van der Waals surface area contributed by atoms with E-state index in [9.17, 15) is 14.4 Å². The Morgan fingerprint density at radius 2 is 1.43 bits per heavy atom. The van der Waals surface area contributed by atoms with Crippen LogP contribution in [0.1, 0.15) is 54.4 Å². The van der Waals surface area contributed by atoms with Crippen LogP contribution in [-0.4, -0.2) is 31.9 Å². The number of rotatable bonds is 10. The molecule has 0 saturated carbocycles. The molecule has 0 aromatic heterocycles. The first-order valence-corrected chi connectivity index (χ1v) is 7.82. The van der Waals surface area contributed by atoms with Crippen LogP contribution in [0.25, 0.3) is 0 Å². The molecule has 0 amide bonds. The maximum Gasteiger partial charge on any atom is 0.337 e. The Kier molecular flexibility index (Phi) is 8.65. The lowest BCUT2D eigenvalue weighted by atomic mass is 10.0. The number of carbonyl (C=O) groups is 3. The number of benzene rings is 1. The second-order valence-electron chi connectivity index (χ2n) is 5.39. The van der Waals surface area contributed by atoms with Gasteiger partial charge in [-0.15, -0.1) is 0 Å². The van der Waals surface area contributed by atoms with Crippen LogP contribution in [0.4, 0.5) is 0 Å². The van der Waals surface area contributed by atoms with Crippen LogP contribution in [0.5, 0.6) is 0 Å². The van der Waals surface area contributed by atoms with Gasteiger partial charge in [0.25, 0.3) is 0 Å². The summed E-state index contributed by atoms with van der Waals surface area (Å²) in [4.78, 5) is 34.2. The van der Waals surface area contributed by atoms with E-state index in [0.29, 0.717) is 24.8 Å². The maximum atomic E-state index is 11.9. The van der Waals surface area contributed by atoms with E-state index in [4.69, 9.17) is 0 Å². The first-order chi connectivity index (χ1) is 11.1. The minimum Gasteiger partial charge on any atom is -0.469 e. The number of ether oxygens (including phenoxy) is 2. The molecule has 5 heteroatoms. The lowest BCUT2D eigenvalue weighted by molar-refractivity contribution is -0.140. The van der Waals surface area contributed by atoms with Gasteiger partial charge in [0.15, 0.2) is 0 Å². The van der Waals surface area contributed by atoms with E-state index < -0.39 is 0 Å². The molecule has 0 unspecified atom stereocenters. The second kappa shape index (κ2) is 10.5. The van der Waals surface area contributed by atoms with E-state index >= 15 is 0 Å². The number of hydrogen-bond acceptors (Lipinski definition) is 5. The summed E-state index contributed by atoms with van der Waals surface area (Å²) in [5, 5.41) is 0. The SMILES string of the molecule is COC(=O)CCCCCCC(=O)Cc1ccc(C(=O)OC)cc1. The van der Waals surface area contributed by atoms with E-state index in [1.807, 2.05) is 0 Å². The molecule has 1 rings (SSSR count). The fraction of sp³-hybridized carbons (Fsp3) is 0.500. The van der Waals surface area contributed by atoms with Gasteiger partial charge in [-0.3, -0.25) is 9.59 Å². The van der Waals surface area contributed by atoms with Gasteiger partial charge >= 0.3 is 11.9 Å². The third-order valence-corrected chi connectivity index (χ3v) is 3.59. The smallest absolute Gasteiger partial charge is 0.337 e. The molecule has 0 aliphatic carbocycles. The van der Waals surface area contributed by atoms with E-state index in [1.54, 1.807) is 24.3 Å². The molecule has 0 atom stereocenters. The minimum atomic E-state index is -0.380. The molecule has 5 nitrogen and oxygen atoms in total. The normalized spacial score (nSPS) is 10.2. The highest BCUT2D eigenvalue weighted by atomic mass is 16.5. The highest BCUT2D eigenvalue weighted by Gasteiger charge is 2.07. The average molecular weight is 320 g/mol. The quantitative estimate of drug-likeness (QED) is 0.489. The zero-order valence-corrected chi connectivity index (χ0v) is 13.8. The number of esters is 2. The van der Waals surface area contributed by atoms with E-state index in [2.05, 4.69) is 9.47 Å². The number of ketones is 1. The summed E-state index contributed by atoms with van der Waals surface area (Å²) < 4.78 is 9.20. The molecule has 126 valence electrons. The monoisotopic (exact) mass is 320 g/mol. The number of Topliss-reactive ketones (excluding diaryl/α,β-unsaturated/α-hetero) is 1. The molecule has 0 radical (unpaired) electrons. The summed E-state index contributed by atoms with van der Waals surface area (Å²) in [6.07, 6.45) is 4.86. The van der Waals surface area contributed by atoms with Crippen molar-refractivity contribution in [2.75, 3.05) is 14.2 Å². The topological polar surface area (TPSA) is 69.7 Å². The van der Waals surface area contributed by atoms with Crippen LogP contribution in [0.3, 0.4) is 0 Å². The molecule has 0 bridgehead atoms. The van der Waals surface area contributed by atoms with Crippen LogP contribution in [-0.2, 0) is 25.5 Å². The van der Waals surface area contributed by atoms with E-state index in [-0.39, 0.29) is 17.7 Å². The van der Waals surface area contributed by atoms with Gasteiger partial charge in [-0.05, 0) is 30.5 Å². The zero-order valence-electron chi connectivity index (χ0n) is 13.8. The van der Waals surface area contributed by atoms with Crippen molar-refractivity contribution in [3.8, 4) is 0 Å². The largest absolute Gasteiger partial charge is 0.469 e. The molecule has 0 aliphatic rings. The summed E-state index contributed by atoms with van der Waals surface area (Å²) in [6.45, 7) is 0. The van der Waals surface area contributed by atoms with Gasteiger partial charge in [0, 0.05) is 19.3 Å². The third-order valence-electron chi connectivity index (χ3n) is 3.59. The van der Waals surface area contributed by atoms with Gasteiger partial charge in [0.05, 0.1) is 19.8 Å². The third kappa shape index (κ3) is 7.58. The summed E-state index contributed by atoms with van der Waals surface area (Å²) in [7, 11) is 2.73. The van der Waals surface area contributed by atoms with Gasteiger partial charge in [0.1, 0.15) is 5.78 Å². The molecule has 1 aromatic carbocycles. The van der Waals surface area contributed by atoms with Crippen LogP contribution < -0.4 is 0 Å². The lowest BCUT2D eigenvalue weighted by Crippen LogP contribution is -2.04. The van der Waals surface area contributed by atoms with Crippen LogP contribution in [0.2, 0.25) is 0 Å². The van der Waals surface area contributed by atoms with Crippen molar-refractivity contribution in [3.05, 3.63) is 35.4 Å². The Hall–Kier alpha value is -2.17. The molecule has 0 saturated heterocycles. The number of hydrogen-bond donors (Lipinski definition) is 0. The van der Waals surface area contributed by atoms with Crippen molar-refractivity contribution in [2.45, 2.75) is 44.9 Å². The fourth-order valence-electron chi connectivity index (χ4n) is 2.24. The predicted molar refractivity (Wildman–Crippen MR) is 86.2 cm³/mol. The van der Waals surface area contributed by atoms with Crippen LogP contribution in [0.15, 0.2) is 24.3 Å². The Morgan fingerprint density at radius 1 is 0.826 bits per heavy atom. The van der Waals surface area contributed by atoms with Crippen molar-refractivity contribution < 1.29 is 23.9 Å². The molecule has 0 aliphatic heterocycles. The van der Waals surface area contributed by atoms with Gasteiger partial charge in [-0.25, -0.2) is 4.79 Å². The molecule has 0 spiro atoms. The van der Waals surface area contributed by atoms with Crippen molar-refractivity contribution in [1.29, 1.82) is 0 Å². The van der Waals surface area contributed by atoms with Crippen LogP contribution >= 0.6 is 0 Å². The molecular formula is C18H24O5. The Labute approximate surface area is 137 Å². The molecule has 0 heterocycles. The lowest BCUT2D eigenvalue weighted by Gasteiger charge is -2.04. The fourth-order valence-corrected chi connectivity index (χ4v) is 2.24. The summed E-state index contributed by atoms with van der Waals surface area (Å²) in [5.74, 6) is -0.380. The standard InChI is InChI=1S/C18H24O5/c1-22-17(20)8-6-4-3-5-7-16(19)13-14-9-11-15(12-10-14)18(21)23-2/h9-12H,3-8,13H2,1-2H3. The van der Waals surface area contributed by atoms with Gasteiger partial charge in [-0.1, -0.05) is 25.0 Å². The van der Waals surface area contributed by atoms with E-state index in [0.717, 1.165) is 31.2 Å². The number of unbranched alkanes of at least 4 members (excludes halogenated alkanes) is 3. The summed E-state index contributed by atoms with van der Waals surface area (Å²) in [6, 6.07) is 6.89. The molecule has 0 fully saturated rings. The zero-order chi connectivity index (χ0) is 17.1. The maximum absolute atomic E-state index is 11.9. The predicted octanol–water partition coefficient (Wildman–Crippen LogP) is 3.10. The Morgan fingerprint density at radius 3 is 2.00 bits per heavy atom. The van der Waals surface area contributed by atoms with Gasteiger partial charge in [0.2, 0.25) is 0 Å². The average Bonchev–Trinajstić information content (AvgIpc) is 2.57. The van der Waals surface area contributed by atoms with Gasteiger partial charge < -0.3 is 9.47 Å². The number of carbonyl (C=O) groups excluding carboxylic acids is 3. The van der Waals surface area contributed by atoms with Gasteiger partial charge in [-0.2, -0.15) is 0 Å². The minimum absolute atomic E-state index is 0.184. The number of methoxy groups -OCH3 is 2. The van der Waals surface area contributed by atoms with Crippen molar-refractivity contribution in [3.63, 3.8) is 0 Å². The molecular weight excluding hydrogens is 296 g/mol. The Balaban J connectivity index is 2.21. The first-order valence-electron chi connectivity index (χ1n) is 7.82. The molecule has 1 aromatic rings. The summed E-state index contributed by atoms with van der Waals surface area (Å²) in [5.41, 5.74) is 1.38. The molecule has 23 heavy (non-hydrogen) atoms. The highest BCUT2D eigenvalue weighted by Crippen LogP contribution is 2.10. The Bertz CT molecular complexity index is 519. The summed E-state index contributed by atoms with van der Waals surface area (Å²) >= 11 is 0. The van der Waals surface area contributed by atoms with Crippen molar-refractivity contribution in [1.82, 2.24) is 0 Å². The highest BCUT2D eigenvalue weighted by molar-refractivity contribution is 5.89. The van der Waals surface area contributed by atoms with E-state index in [1.165, 1.54) is 14.2 Å². The van der Waals surface area contributed by atoms with Crippen LogP contribution in [0, 0.1) is 0 Å². The molecule has 0 N–H and O–H groups in total.